The highest BCUT2D eigenvalue weighted by Gasteiger charge is 2.27. The molecule has 348 valence electrons. The molecule has 65 heavy (non-hydrogen) atoms. The lowest BCUT2D eigenvalue weighted by Crippen LogP contribution is -2.32. The van der Waals surface area contributed by atoms with Gasteiger partial charge in [0.25, 0.3) is 11.8 Å². The molecule has 0 unspecified atom stereocenters. The van der Waals surface area contributed by atoms with Crippen molar-refractivity contribution in [2.45, 2.75) is 108 Å². The van der Waals surface area contributed by atoms with Gasteiger partial charge in [0.1, 0.15) is 18.2 Å². The average Bonchev–Trinajstić information content (AvgIpc) is 3.85. The van der Waals surface area contributed by atoms with Crippen LogP contribution < -0.4 is 32.2 Å². The van der Waals surface area contributed by atoms with Gasteiger partial charge in [0.05, 0.1) is 0 Å². The normalized spacial score (nSPS) is 13.0. The molecule has 4 aromatic carbocycles. The number of esters is 1. The highest BCUT2D eigenvalue weighted by molar-refractivity contribution is 5.94. The lowest BCUT2D eigenvalue weighted by atomic mass is 10.1. The van der Waals surface area contributed by atoms with Crippen LogP contribution in [0.1, 0.15) is 132 Å². The van der Waals surface area contributed by atoms with Crippen molar-refractivity contribution < 1.29 is 49.0 Å². The number of ether oxygens (including phenoxy) is 1. The van der Waals surface area contributed by atoms with E-state index in [0.29, 0.717) is 55.7 Å². The minimum Gasteiger partial charge on any atom is -0.480 e. The first-order chi connectivity index (χ1) is 31.6. The number of unbranched alkanes of at least 4 members (excludes halogenated alkanes) is 4. The van der Waals surface area contributed by atoms with E-state index in [1.54, 1.807) is 59.5 Å². The van der Waals surface area contributed by atoms with E-state index in [1.807, 2.05) is 60.7 Å². The van der Waals surface area contributed by atoms with Crippen LogP contribution in [0.2, 0.25) is 0 Å². The summed E-state index contributed by atoms with van der Waals surface area (Å²) in [4.78, 5) is 71.3. The monoisotopic (exact) mass is 894 g/mol. The summed E-state index contributed by atoms with van der Waals surface area (Å²) in [6.45, 7) is 1.70. The Morgan fingerprint density at radius 2 is 1.00 bits per heavy atom. The van der Waals surface area contributed by atoms with E-state index in [0.717, 1.165) is 68.1 Å². The van der Waals surface area contributed by atoms with Gasteiger partial charge in [-0.1, -0.05) is 97.8 Å². The second-order valence-corrected chi connectivity index (χ2v) is 15.7. The molecule has 0 aromatic heterocycles. The number of carboxylic acids is 1. The number of hydrogen-bond donors (Lipinski definition) is 9. The van der Waals surface area contributed by atoms with Gasteiger partial charge in [-0.15, -0.1) is 0 Å². The van der Waals surface area contributed by atoms with Gasteiger partial charge in [0.15, 0.2) is 0 Å². The largest absolute Gasteiger partial charge is 0.480 e. The van der Waals surface area contributed by atoms with E-state index in [2.05, 4.69) is 21.3 Å². The standard InChI is InChI=1S/C27H35N3O5.C22H27N3O5/c31-24(30-34)16-5-2-8-17-28-26(32)22-13-9-10-20(18-22)19-29-25(21-11-3-1-4-12-21)27(33)35-23-14-6-7-15-23;26-19(25-30)12-5-2-6-13-23-21(27)18-11-7-8-16(14-18)15-24-20(22(28)29)17-9-3-1-4-10-17/h1,3-4,9-13,18,23,25,29,34H,2,5-8,14-17,19H2,(H,28,32)(H,30,31);1,3-4,7-11,14,20,24,30H,2,5-6,12-13,15H2,(H,23,27)(H,25,26)(H,28,29)/t25-;20-/m00/s1. The molecule has 0 heterocycles. The Balaban J connectivity index is 0.000000288. The van der Waals surface area contributed by atoms with Crippen LogP contribution in [0.25, 0.3) is 0 Å². The summed E-state index contributed by atoms with van der Waals surface area (Å²) in [7, 11) is 0. The van der Waals surface area contributed by atoms with Crippen LogP contribution in [0.4, 0.5) is 0 Å². The Labute approximate surface area is 379 Å². The fourth-order valence-electron chi connectivity index (χ4n) is 7.19. The molecule has 16 nitrogen and oxygen atoms in total. The van der Waals surface area contributed by atoms with Crippen LogP contribution in [0, 0.1) is 0 Å². The maximum atomic E-state index is 13.0. The number of hydrogen-bond acceptors (Lipinski definition) is 11. The van der Waals surface area contributed by atoms with Gasteiger partial charge in [-0.3, -0.25) is 45.0 Å². The number of rotatable bonds is 25. The van der Waals surface area contributed by atoms with Gasteiger partial charge in [-0.25, -0.2) is 15.8 Å². The van der Waals surface area contributed by atoms with Gasteiger partial charge in [-0.2, -0.15) is 0 Å². The van der Waals surface area contributed by atoms with Crippen LogP contribution in [0.5, 0.6) is 0 Å². The van der Waals surface area contributed by atoms with Crippen molar-refractivity contribution >= 4 is 35.6 Å². The van der Waals surface area contributed by atoms with E-state index < -0.39 is 29.9 Å². The number of benzene rings is 4. The highest BCUT2D eigenvalue weighted by atomic mass is 16.5. The van der Waals surface area contributed by atoms with Gasteiger partial charge >= 0.3 is 11.9 Å². The molecule has 1 aliphatic carbocycles. The lowest BCUT2D eigenvalue weighted by molar-refractivity contribution is -0.151. The zero-order valence-electron chi connectivity index (χ0n) is 36.6. The second kappa shape index (κ2) is 29.1. The summed E-state index contributed by atoms with van der Waals surface area (Å²) in [5, 5.41) is 38.5. The average molecular weight is 895 g/mol. The highest BCUT2D eigenvalue weighted by Crippen LogP contribution is 2.24. The Kier molecular flexibility index (Phi) is 22.9. The number of nitrogens with one attached hydrogen (secondary N) is 6. The van der Waals surface area contributed by atoms with Crippen molar-refractivity contribution in [2.24, 2.45) is 0 Å². The minimum atomic E-state index is -0.966. The first-order valence-corrected chi connectivity index (χ1v) is 22.2. The zero-order valence-corrected chi connectivity index (χ0v) is 36.6. The number of aliphatic carboxylic acids is 1. The topological polar surface area (TPSA) is 245 Å². The van der Waals surface area contributed by atoms with Crippen LogP contribution in [-0.4, -0.2) is 70.3 Å². The molecule has 9 N–H and O–H groups in total. The molecule has 0 bridgehead atoms. The molecule has 0 radical (unpaired) electrons. The Morgan fingerprint density at radius 1 is 0.554 bits per heavy atom. The van der Waals surface area contributed by atoms with E-state index in [1.165, 1.54) is 0 Å². The predicted octanol–water partition coefficient (Wildman–Crippen LogP) is 6.20. The summed E-state index contributed by atoms with van der Waals surface area (Å²) >= 11 is 0. The third-order valence-electron chi connectivity index (χ3n) is 10.7. The van der Waals surface area contributed by atoms with Crippen molar-refractivity contribution in [1.29, 1.82) is 0 Å². The molecule has 4 aromatic rings. The number of carboxylic acid groups (broad SMARTS) is 1. The van der Waals surface area contributed by atoms with Gasteiger partial charge < -0.3 is 20.5 Å². The molecule has 16 heteroatoms. The molecule has 0 aliphatic heterocycles. The van der Waals surface area contributed by atoms with E-state index >= 15 is 0 Å². The van der Waals surface area contributed by atoms with Crippen LogP contribution >= 0.6 is 0 Å². The molecular formula is C49H62N6O10. The molecule has 1 saturated carbocycles. The second-order valence-electron chi connectivity index (χ2n) is 15.7. The first kappa shape index (κ1) is 51.2. The van der Waals surface area contributed by atoms with E-state index in [-0.39, 0.29) is 36.7 Å². The molecule has 5 rings (SSSR count). The van der Waals surface area contributed by atoms with Crippen molar-refractivity contribution in [3.8, 4) is 0 Å². The molecule has 2 atom stereocenters. The van der Waals surface area contributed by atoms with E-state index in [4.69, 9.17) is 15.2 Å². The van der Waals surface area contributed by atoms with Crippen molar-refractivity contribution in [2.75, 3.05) is 13.1 Å². The third kappa shape index (κ3) is 19.0. The number of hydroxylamine groups is 2. The Morgan fingerprint density at radius 3 is 1.45 bits per heavy atom. The number of carbonyl (C=O) groups excluding carboxylic acids is 5. The summed E-state index contributed by atoms with van der Waals surface area (Å²) in [6, 6.07) is 31.4. The molecule has 4 amide bonds. The van der Waals surface area contributed by atoms with Crippen molar-refractivity contribution in [1.82, 2.24) is 32.2 Å². The Bertz CT molecular complexity index is 2100. The molecule has 1 fully saturated rings. The molecule has 1 aliphatic rings. The maximum Gasteiger partial charge on any atom is 0.328 e. The van der Waals surface area contributed by atoms with Crippen LogP contribution in [0.3, 0.4) is 0 Å². The summed E-state index contributed by atoms with van der Waals surface area (Å²) in [5.41, 5.74) is 7.45. The fraction of sp³-hybridized carbons (Fsp3) is 0.388. The van der Waals surface area contributed by atoms with E-state index in [9.17, 15) is 33.9 Å². The smallest absolute Gasteiger partial charge is 0.328 e. The van der Waals surface area contributed by atoms with Gasteiger partial charge in [0.2, 0.25) is 11.8 Å². The molecule has 0 spiro atoms. The SMILES string of the molecule is O=C(CCCCCNC(=O)c1cccc(CN[C@H](C(=O)O)c2ccccc2)c1)NO.O=C(CCCCCNC(=O)c1cccc(CN[C@H](C(=O)OC2CCCC2)c2ccccc2)c1)NO. The summed E-state index contributed by atoms with van der Waals surface area (Å²) in [6.07, 6.45) is 8.82. The van der Waals surface area contributed by atoms with Gasteiger partial charge in [0, 0.05) is 50.1 Å². The van der Waals surface area contributed by atoms with Gasteiger partial charge in [-0.05, 0) is 97.9 Å². The molecule has 0 saturated heterocycles. The minimum absolute atomic E-state index is 0.00521. The fourth-order valence-corrected chi connectivity index (χ4v) is 7.19. The third-order valence-corrected chi connectivity index (χ3v) is 10.7. The maximum absolute atomic E-state index is 13.0. The van der Waals surface area contributed by atoms with Crippen LogP contribution in [0.15, 0.2) is 109 Å². The zero-order chi connectivity index (χ0) is 46.7. The lowest BCUT2D eigenvalue weighted by Gasteiger charge is -2.21. The van der Waals surface area contributed by atoms with Crippen molar-refractivity contribution in [3.05, 3.63) is 143 Å². The number of carbonyl (C=O) groups is 6. The predicted molar refractivity (Wildman–Crippen MR) is 242 cm³/mol. The van der Waals surface area contributed by atoms with Crippen molar-refractivity contribution in [3.63, 3.8) is 0 Å². The van der Waals surface area contributed by atoms with Crippen LogP contribution in [-0.2, 0) is 37.0 Å². The number of amides is 4. The summed E-state index contributed by atoms with van der Waals surface area (Å²) < 4.78 is 5.77. The quantitative estimate of drug-likeness (QED) is 0.0156. The first-order valence-electron chi connectivity index (χ1n) is 22.2. The summed E-state index contributed by atoms with van der Waals surface area (Å²) in [5.74, 6) is -2.43. The molecular weight excluding hydrogens is 833 g/mol. The Hall–Kier alpha value is -6.46.